The molecular weight excluding hydrogens is 188 g/mol. The van der Waals surface area contributed by atoms with E-state index in [4.69, 9.17) is 10.2 Å². The summed E-state index contributed by atoms with van der Waals surface area (Å²) in [5.74, 6) is 0.644. The van der Waals surface area contributed by atoms with E-state index in [1.165, 1.54) is 0 Å². The number of aromatic hydroxyl groups is 2. The molecule has 0 saturated heterocycles. The van der Waals surface area contributed by atoms with E-state index in [1.807, 2.05) is 12.1 Å². The van der Waals surface area contributed by atoms with Crippen molar-refractivity contribution >= 4 is 0 Å². The molecule has 0 aromatic heterocycles. The standard InChI is InChI=1S/2C6H6O.CH4/c2*7-6-4-2-1-3-5-6;/h2*1-5,7H;1H4. The minimum Gasteiger partial charge on any atom is -0.508 e. The average Bonchev–Trinajstić information content (AvgIpc) is 2.21. The van der Waals surface area contributed by atoms with Crippen molar-refractivity contribution in [2.24, 2.45) is 0 Å². The monoisotopic (exact) mass is 204 g/mol. The third-order valence-corrected chi connectivity index (χ3v) is 1.51. The lowest BCUT2D eigenvalue weighted by atomic mass is 10.3. The summed E-state index contributed by atoms with van der Waals surface area (Å²) in [4.78, 5) is 0. The molecule has 2 nitrogen and oxygen atoms in total. The first-order chi connectivity index (χ1) is 6.79. The number of hydrogen-bond acceptors (Lipinski definition) is 2. The van der Waals surface area contributed by atoms with Crippen molar-refractivity contribution in [1.29, 1.82) is 0 Å². The fourth-order valence-corrected chi connectivity index (χ4v) is 0.856. The van der Waals surface area contributed by atoms with E-state index in [1.54, 1.807) is 48.5 Å². The van der Waals surface area contributed by atoms with Crippen molar-refractivity contribution in [3.05, 3.63) is 60.7 Å². The first kappa shape index (κ1) is 13.0. The van der Waals surface area contributed by atoms with Crippen molar-refractivity contribution in [1.82, 2.24) is 0 Å². The smallest absolute Gasteiger partial charge is 0.115 e. The zero-order valence-corrected chi connectivity index (χ0v) is 7.67. The molecule has 0 aliphatic carbocycles. The van der Waals surface area contributed by atoms with Crippen LogP contribution in [0.2, 0.25) is 0 Å². The van der Waals surface area contributed by atoms with Crippen LogP contribution in [-0.2, 0) is 0 Å². The molecule has 2 aromatic carbocycles. The number of para-hydroxylation sites is 2. The zero-order chi connectivity index (χ0) is 10.2. The molecule has 0 amide bonds. The van der Waals surface area contributed by atoms with E-state index in [2.05, 4.69) is 0 Å². The Kier molecular flexibility index (Phi) is 6.47. The van der Waals surface area contributed by atoms with Crippen LogP contribution in [0.4, 0.5) is 0 Å². The summed E-state index contributed by atoms with van der Waals surface area (Å²) in [5.41, 5.74) is 0. The maximum absolute atomic E-state index is 8.63. The first-order valence-corrected chi connectivity index (χ1v) is 4.27. The molecule has 0 aliphatic heterocycles. The Morgan fingerprint density at radius 3 is 0.933 bits per heavy atom. The Morgan fingerprint density at radius 2 is 0.800 bits per heavy atom. The van der Waals surface area contributed by atoms with E-state index < -0.39 is 0 Å². The minimum absolute atomic E-state index is 0. The lowest BCUT2D eigenvalue weighted by molar-refractivity contribution is 0.475. The molecule has 15 heavy (non-hydrogen) atoms. The lowest BCUT2D eigenvalue weighted by Gasteiger charge is -1.82. The van der Waals surface area contributed by atoms with Gasteiger partial charge in [-0.25, -0.2) is 0 Å². The fourth-order valence-electron chi connectivity index (χ4n) is 0.856. The topological polar surface area (TPSA) is 40.5 Å². The van der Waals surface area contributed by atoms with Crippen LogP contribution in [0.3, 0.4) is 0 Å². The number of hydrogen-bond donors (Lipinski definition) is 2. The van der Waals surface area contributed by atoms with Gasteiger partial charge in [-0.3, -0.25) is 0 Å². The van der Waals surface area contributed by atoms with Crippen molar-refractivity contribution in [3.8, 4) is 11.5 Å². The maximum Gasteiger partial charge on any atom is 0.115 e. The van der Waals surface area contributed by atoms with Gasteiger partial charge in [0, 0.05) is 0 Å². The van der Waals surface area contributed by atoms with Gasteiger partial charge in [-0.1, -0.05) is 43.8 Å². The molecule has 0 heterocycles. The molecule has 2 aromatic rings. The summed E-state index contributed by atoms with van der Waals surface area (Å²) in [6.07, 6.45) is 0. The minimum atomic E-state index is 0. The van der Waals surface area contributed by atoms with E-state index in [0.717, 1.165) is 0 Å². The molecule has 80 valence electrons. The highest BCUT2D eigenvalue weighted by molar-refractivity contribution is 5.19. The molecule has 2 rings (SSSR count). The molecule has 0 atom stereocenters. The van der Waals surface area contributed by atoms with E-state index in [0.29, 0.717) is 11.5 Å². The van der Waals surface area contributed by atoms with Crippen molar-refractivity contribution < 1.29 is 10.2 Å². The largest absolute Gasteiger partial charge is 0.508 e. The van der Waals surface area contributed by atoms with Gasteiger partial charge in [0.2, 0.25) is 0 Å². The van der Waals surface area contributed by atoms with Gasteiger partial charge in [-0.15, -0.1) is 0 Å². The second-order valence-corrected chi connectivity index (χ2v) is 2.67. The van der Waals surface area contributed by atoms with Crippen LogP contribution in [0.5, 0.6) is 11.5 Å². The van der Waals surface area contributed by atoms with E-state index >= 15 is 0 Å². The van der Waals surface area contributed by atoms with Crippen LogP contribution in [0.15, 0.2) is 60.7 Å². The maximum atomic E-state index is 8.63. The van der Waals surface area contributed by atoms with Crippen LogP contribution in [-0.4, -0.2) is 10.2 Å². The zero-order valence-electron chi connectivity index (χ0n) is 7.67. The van der Waals surface area contributed by atoms with Gasteiger partial charge in [0.1, 0.15) is 11.5 Å². The first-order valence-electron chi connectivity index (χ1n) is 4.27. The Balaban J connectivity index is 0.000000245. The molecule has 0 aliphatic rings. The molecular formula is C13H16O2. The van der Waals surface area contributed by atoms with Crippen LogP contribution in [0.25, 0.3) is 0 Å². The quantitative estimate of drug-likeness (QED) is 0.690. The average molecular weight is 204 g/mol. The van der Waals surface area contributed by atoms with Gasteiger partial charge < -0.3 is 10.2 Å². The predicted molar refractivity (Wildman–Crippen MR) is 62.9 cm³/mol. The molecule has 2 heteroatoms. The van der Waals surface area contributed by atoms with Gasteiger partial charge >= 0.3 is 0 Å². The van der Waals surface area contributed by atoms with E-state index in [-0.39, 0.29) is 7.43 Å². The van der Waals surface area contributed by atoms with Crippen molar-refractivity contribution in [2.75, 3.05) is 0 Å². The normalized spacial score (nSPS) is 8.00. The van der Waals surface area contributed by atoms with Gasteiger partial charge in [-0.2, -0.15) is 0 Å². The van der Waals surface area contributed by atoms with Gasteiger partial charge in [0.15, 0.2) is 0 Å². The lowest BCUT2D eigenvalue weighted by Crippen LogP contribution is -1.56. The Morgan fingerprint density at radius 1 is 0.533 bits per heavy atom. The summed E-state index contributed by atoms with van der Waals surface area (Å²) in [5, 5.41) is 17.3. The Bertz CT molecular complexity index is 306. The summed E-state index contributed by atoms with van der Waals surface area (Å²) in [7, 11) is 0. The highest BCUT2D eigenvalue weighted by Gasteiger charge is 1.75. The summed E-state index contributed by atoms with van der Waals surface area (Å²) >= 11 is 0. The molecule has 0 fully saturated rings. The number of phenols is 2. The predicted octanol–water partition coefficient (Wildman–Crippen LogP) is 3.42. The second-order valence-electron chi connectivity index (χ2n) is 2.67. The SMILES string of the molecule is C.Oc1ccccc1.Oc1ccccc1. The van der Waals surface area contributed by atoms with Crippen molar-refractivity contribution in [2.45, 2.75) is 7.43 Å². The second kappa shape index (κ2) is 7.44. The third kappa shape index (κ3) is 6.16. The molecule has 2 N–H and O–H groups in total. The van der Waals surface area contributed by atoms with Crippen molar-refractivity contribution in [3.63, 3.8) is 0 Å². The third-order valence-electron chi connectivity index (χ3n) is 1.51. The summed E-state index contributed by atoms with van der Waals surface area (Å²) < 4.78 is 0. The van der Waals surface area contributed by atoms with Gasteiger partial charge in [0.25, 0.3) is 0 Å². The number of phenolic OH excluding ortho intramolecular Hbond substituents is 2. The fraction of sp³-hybridized carbons (Fsp3) is 0.0769. The molecule has 0 spiro atoms. The Labute approximate surface area is 90.5 Å². The van der Waals surface area contributed by atoms with Gasteiger partial charge in [-0.05, 0) is 24.3 Å². The molecule has 0 bridgehead atoms. The molecule has 0 saturated carbocycles. The molecule has 0 radical (unpaired) electrons. The number of rotatable bonds is 0. The Hall–Kier alpha value is -1.96. The van der Waals surface area contributed by atoms with E-state index in [9.17, 15) is 0 Å². The highest BCUT2D eigenvalue weighted by Crippen LogP contribution is 2.03. The van der Waals surface area contributed by atoms with Crippen LogP contribution >= 0.6 is 0 Å². The van der Waals surface area contributed by atoms with Crippen LogP contribution in [0.1, 0.15) is 7.43 Å². The summed E-state index contributed by atoms with van der Waals surface area (Å²) in [6, 6.07) is 17.4. The summed E-state index contributed by atoms with van der Waals surface area (Å²) in [6.45, 7) is 0. The van der Waals surface area contributed by atoms with Gasteiger partial charge in [0.05, 0.1) is 0 Å². The molecule has 0 unspecified atom stereocenters. The van der Waals surface area contributed by atoms with Crippen LogP contribution < -0.4 is 0 Å². The highest BCUT2D eigenvalue weighted by atomic mass is 16.3. The van der Waals surface area contributed by atoms with Crippen LogP contribution in [0, 0.1) is 0 Å². The number of benzene rings is 2.